The molecule has 27 heavy (non-hydrogen) atoms. The van der Waals surface area contributed by atoms with E-state index in [1.165, 1.54) is 37.4 Å². The number of nitrogens with one attached hydrogen (secondary N) is 1. The first-order chi connectivity index (χ1) is 12.8. The highest BCUT2D eigenvalue weighted by Crippen LogP contribution is 2.27. The summed E-state index contributed by atoms with van der Waals surface area (Å²) >= 11 is 5.86. The second-order valence-electron chi connectivity index (χ2n) is 5.07. The van der Waals surface area contributed by atoms with E-state index in [1.807, 2.05) is 6.07 Å². The van der Waals surface area contributed by atoms with Crippen LogP contribution in [-0.2, 0) is 9.53 Å². The molecule has 1 amide bonds. The number of halogens is 1. The summed E-state index contributed by atoms with van der Waals surface area (Å²) in [6.45, 7) is -0.615. The molecular formula is C17H12ClN3O6. The number of nitro benzene ring substituents is 1. The lowest BCUT2D eigenvalue weighted by molar-refractivity contribution is -0.385. The highest BCUT2D eigenvalue weighted by atomic mass is 35.5. The van der Waals surface area contributed by atoms with Gasteiger partial charge in [0.1, 0.15) is 6.07 Å². The molecule has 0 fully saturated rings. The highest BCUT2D eigenvalue weighted by Gasteiger charge is 2.19. The summed E-state index contributed by atoms with van der Waals surface area (Å²) in [5, 5.41) is 22.4. The Morgan fingerprint density at radius 1 is 1.30 bits per heavy atom. The van der Waals surface area contributed by atoms with Crippen molar-refractivity contribution in [2.75, 3.05) is 19.0 Å². The quantitative estimate of drug-likeness (QED) is 0.456. The number of carbonyl (C=O) groups is 2. The molecule has 2 aromatic rings. The molecule has 0 aromatic heterocycles. The van der Waals surface area contributed by atoms with Gasteiger partial charge in [-0.1, -0.05) is 11.6 Å². The third kappa shape index (κ3) is 4.93. The molecule has 0 aliphatic carbocycles. The topological polar surface area (TPSA) is 132 Å². The van der Waals surface area contributed by atoms with Crippen LogP contribution in [0.15, 0.2) is 36.4 Å². The number of amides is 1. The predicted molar refractivity (Wildman–Crippen MR) is 94.7 cm³/mol. The van der Waals surface area contributed by atoms with Crippen molar-refractivity contribution in [3.63, 3.8) is 0 Å². The summed E-state index contributed by atoms with van der Waals surface area (Å²) in [6, 6.07) is 9.71. The van der Waals surface area contributed by atoms with E-state index in [4.69, 9.17) is 26.3 Å². The first-order valence-corrected chi connectivity index (χ1v) is 7.72. The Hall–Kier alpha value is -3.64. The molecule has 0 spiro atoms. The number of nitrogens with zero attached hydrogens (tertiary/aromatic N) is 2. The summed E-state index contributed by atoms with van der Waals surface area (Å²) in [7, 11) is 1.26. The van der Waals surface area contributed by atoms with Gasteiger partial charge >= 0.3 is 11.7 Å². The van der Waals surface area contributed by atoms with Crippen molar-refractivity contribution in [2.24, 2.45) is 0 Å². The molecule has 1 N–H and O–H groups in total. The average Bonchev–Trinajstić information content (AvgIpc) is 2.65. The summed E-state index contributed by atoms with van der Waals surface area (Å²) in [5.74, 6) is -1.56. The lowest BCUT2D eigenvalue weighted by Crippen LogP contribution is -2.21. The van der Waals surface area contributed by atoms with E-state index in [1.54, 1.807) is 0 Å². The van der Waals surface area contributed by atoms with Gasteiger partial charge in [-0.15, -0.1) is 0 Å². The Morgan fingerprint density at radius 3 is 2.63 bits per heavy atom. The van der Waals surface area contributed by atoms with Crippen molar-refractivity contribution in [1.82, 2.24) is 0 Å². The summed E-state index contributed by atoms with van der Waals surface area (Å²) in [4.78, 5) is 34.1. The highest BCUT2D eigenvalue weighted by molar-refractivity contribution is 6.32. The van der Waals surface area contributed by atoms with Crippen molar-refractivity contribution in [1.29, 1.82) is 5.26 Å². The maximum atomic E-state index is 12.0. The van der Waals surface area contributed by atoms with Crippen LogP contribution in [0.1, 0.15) is 15.9 Å². The zero-order chi connectivity index (χ0) is 20.0. The number of nitriles is 1. The van der Waals surface area contributed by atoms with Crippen LogP contribution in [0.5, 0.6) is 5.75 Å². The molecule has 0 saturated heterocycles. The first kappa shape index (κ1) is 19.7. The lowest BCUT2D eigenvalue weighted by atomic mass is 10.2. The van der Waals surface area contributed by atoms with Crippen molar-refractivity contribution in [3.05, 3.63) is 62.7 Å². The molecule has 0 unspecified atom stereocenters. The number of esters is 1. The number of ether oxygens (including phenoxy) is 2. The number of nitro groups is 1. The van der Waals surface area contributed by atoms with Gasteiger partial charge in [0.25, 0.3) is 5.91 Å². The molecule has 2 rings (SSSR count). The van der Waals surface area contributed by atoms with Crippen molar-refractivity contribution < 1.29 is 24.0 Å². The van der Waals surface area contributed by atoms with Crippen LogP contribution in [0.3, 0.4) is 0 Å². The van der Waals surface area contributed by atoms with Gasteiger partial charge in [-0.25, -0.2) is 4.79 Å². The van der Waals surface area contributed by atoms with Gasteiger partial charge in [-0.3, -0.25) is 14.9 Å². The second-order valence-corrected chi connectivity index (χ2v) is 5.48. The monoisotopic (exact) mass is 389 g/mol. The number of hydrogen-bond acceptors (Lipinski definition) is 7. The summed E-state index contributed by atoms with van der Waals surface area (Å²) < 4.78 is 9.69. The molecular weight excluding hydrogens is 378 g/mol. The molecule has 138 valence electrons. The third-order valence-corrected chi connectivity index (χ3v) is 3.63. The molecule has 9 nitrogen and oxygen atoms in total. The minimum Gasteiger partial charge on any atom is -0.490 e. The molecule has 0 aliphatic rings. The Kier molecular flexibility index (Phi) is 6.30. The van der Waals surface area contributed by atoms with Crippen molar-refractivity contribution >= 4 is 34.9 Å². The third-order valence-electron chi connectivity index (χ3n) is 3.32. The Labute approximate surface area is 158 Å². The van der Waals surface area contributed by atoms with E-state index in [2.05, 4.69) is 5.32 Å². The number of anilines is 1. The van der Waals surface area contributed by atoms with Crippen LogP contribution in [0.4, 0.5) is 11.4 Å². The first-order valence-electron chi connectivity index (χ1n) is 7.34. The van der Waals surface area contributed by atoms with Crippen LogP contribution in [-0.4, -0.2) is 30.5 Å². The number of benzene rings is 2. The van der Waals surface area contributed by atoms with Gasteiger partial charge < -0.3 is 14.8 Å². The van der Waals surface area contributed by atoms with E-state index in [0.29, 0.717) is 5.69 Å². The standard InChI is InChI=1S/C17H12ClN3O6/c1-26-15-5-3-10(6-14(15)21(24)25)17(23)27-9-16(22)20-12-4-2-11(8-19)13(18)7-12/h2-7H,9H2,1H3,(H,20,22). The molecule has 2 aromatic carbocycles. The zero-order valence-electron chi connectivity index (χ0n) is 13.9. The summed E-state index contributed by atoms with van der Waals surface area (Å²) in [6.07, 6.45) is 0. The smallest absolute Gasteiger partial charge is 0.338 e. The molecule has 0 radical (unpaired) electrons. The number of rotatable bonds is 6. The Balaban J connectivity index is 2.00. The maximum Gasteiger partial charge on any atom is 0.338 e. The SMILES string of the molecule is COc1ccc(C(=O)OCC(=O)Nc2ccc(C#N)c(Cl)c2)cc1[N+](=O)[O-]. The zero-order valence-corrected chi connectivity index (χ0v) is 14.6. The number of methoxy groups -OCH3 is 1. The minimum atomic E-state index is -0.909. The average molecular weight is 390 g/mol. The normalized spacial score (nSPS) is 9.81. The second kappa shape index (κ2) is 8.64. The summed E-state index contributed by atoms with van der Waals surface area (Å²) in [5.41, 5.74) is 0.0719. The van der Waals surface area contributed by atoms with E-state index in [-0.39, 0.29) is 21.9 Å². The minimum absolute atomic E-state index is 0.00742. The fourth-order valence-corrected chi connectivity index (χ4v) is 2.28. The van der Waals surface area contributed by atoms with E-state index >= 15 is 0 Å². The maximum absolute atomic E-state index is 12.0. The molecule has 0 bridgehead atoms. The van der Waals surface area contributed by atoms with Gasteiger partial charge in [-0.2, -0.15) is 5.26 Å². The van der Waals surface area contributed by atoms with Crippen LogP contribution in [0.2, 0.25) is 5.02 Å². The van der Waals surface area contributed by atoms with Crippen molar-refractivity contribution in [2.45, 2.75) is 0 Å². The van der Waals surface area contributed by atoms with E-state index in [0.717, 1.165) is 6.07 Å². The van der Waals surface area contributed by atoms with Crippen LogP contribution in [0.25, 0.3) is 0 Å². The molecule has 10 heteroatoms. The molecule has 0 heterocycles. The lowest BCUT2D eigenvalue weighted by Gasteiger charge is -2.08. The van der Waals surface area contributed by atoms with Crippen LogP contribution in [0, 0.1) is 21.4 Å². The fourth-order valence-electron chi connectivity index (χ4n) is 2.05. The fraction of sp³-hybridized carbons (Fsp3) is 0.118. The van der Waals surface area contributed by atoms with Gasteiger partial charge in [0.05, 0.1) is 28.2 Å². The Bertz CT molecular complexity index is 954. The van der Waals surface area contributed by atoms with E-state index in [9.17, 15) is 19.7 Å². The van der Waals surface area contributed by atoms with Gasteiger partial charge in [0.2, 0.25) is 0 Å². The number of carbonyl (C=O) groups excluding carboxylic acids is 2. The Morgan fingerprint density at radius 2 is 2.04 bits per heavy atom. The number of hydrogen-bond donors (Lipinski definition) is 1. The van der Waals surface area contributed by atoms with Crippen LogP contribution >= 0.6 is 11.6 Å². The molecule has 0 aliphatic heterocycles. The molecule has 0 atom stereocenters. The van der Waals surface area contributed by atoms with Gasteiger partial charge in [0, 0.05) is 11.8 Å². The van der Waals surface area contributed by atoms with Gasteiger partial charge in [-0.05, 0) is 30.3 Å². The molecule has 0 saturated carbocycles. The largest absolute Gasteiger partial charge is 0.490 e. The van der Waals surface area contributed by atoms with Gasteiger partial charge in [0.15, 0.2) is 12.4 Å². The van der Waals surface area contributed by atoms with E-state index < -0.39 is 29.1 Å². The van der Waals surface area contributed by atoms with Crippen molar-refractivity contribution in [3.8, 4) is 11.8 Å². The predicted octanol–water partition coefficient (Wildman–Crippen LogP) is 2.92. The van der Waals surface area contributed by atoms with Crippen LogP contribution < -0.4 is 10.1 Å².